The summed E-state index contributed by atoms with van der Waals surface area (Å²) in [7, 11) is 2.05. The van der Waals surface area contributed by atoms with E-state index >= 15 is 0 Å². The lowest BCUT2D eigenvalue weighted by molar-refractivity contribution is -0.119. The lowest BCUT2D eigenvalue weighted by atomic mass is 9.60. The maximum Gasteiger partial charge on any atom is 0.203 e. The summed E-state index contributed by atoms with van der Waals surface area (Å²) in [6.07, 6.45) is 2.66. The number of allylic oxidation sites excluding steroid dienone is 3. The van der Waals surface area contributed by atoms with Crippen molar-refractivity contribution in [1.29, 1.82) is 5.26 Å². The van der Waals surface area contributed by atoms with Crippen molar-refractivity contribution in [3.63, 3.8) is 0 Å². The molecular weight excluding hydrogens is 278 g/mol. The van der Waals surface area contributed by atoms with Gasteiger partial charge in [0.25, 0.3) is 0 Å². The Morgan fingerprint density at radius 3 is 2.50 bits per heavy atom. The number of nitrogens with one attached hydrogen (secondary N) is 1. The number of aliphatic hydroxyl groups is 1. The molecule has 0 saturated carbocycles. The van der Waals surface area contributed by atoms with Crippen LogP contribution in [0.5, 0.6) is 0 Å². The summed E-state index contributed by atoms with van der Waals surface area (Å²) in [6, 6.07) is 2.17. The van der Waals surface area contributed by atoms with Crippen molar-refractivity contribution in [2.45, 2.75) is 39.5 Å². The molecule has 0 aromatic rings. The highest BCUT2D eigenvalue weighted by molar-refractivity contribution is 6.00. The van der Waals surface area contributed by atoms with Gasteiger partial charge in [-0.3, -0.25) is 4.79 Å². The zero-order valence-corrected chi connectivity index (χ0v) is 13.5. The van der Waals surface area contributed by atoms with E-state index in [1.165, 1.54) is 0 Å². The molecule has 0 bridgehead atoms. The minimum absolute atomic E-state index is 0.0590. The van der Waals surface area contributed by atoms with Gasteiger partial charge in [-0.1, -0.05) is 13.8 Å². The molecule has 22 heavy (non-hydrogen) atoms. The number of aliphatic hydroxyl groups excluding tert-OH is 1. The van der Waals surface area contributed by atoms with Gasteiger partial charge in [0.05, 0.1) is 0 Å². The normalized spacial score (nSPS) is 27.5. The monoisotopic (exact) mass is 301 g/mol. The number of ketones is 1. The summed E-state index contributed by atoms with van der Waals surface area (Å²) in [6.45, 7) is 5.79. The number of Topliss-reactive ketones (excluding diaryl/α,β-unsaturated/α-hetero) is 1. The van der Waals surface area contributed by atoms with Gasteiger partial charge in [-0.15, -0.1) is 0 Å². The van der Waals surface area contributed by atoms with E-state index in [4.69, 9.17) is 0 Å². The van der Waals surface area contributed by atoms with Gasteiger partial charge >= 0.3 is 0 Å². The Bertz CT molecular complexity index is 629. The summed E-state index contributed by atoms with van der Waals surface area (Å²) in [5, 5.41) is 22.8. The highest BCUT2D eigenvalue weighted by Gasteiger charge is 2.51. The van der Waals surface area contributed by atoms with E-state index < -0.39 is 5.41 Å². The van der Waals surface area contributed by atoms with Crippen LogP contribution in [0.4, 0.5) is 0 Å². The van der Waals surface area contributed by atoms with Gasteiger partial charge < -0.3 is 15.3 Å². The third-order valence-corrected chi connectivity index (χ3v) is 5.29. The van der Waals surface area contributed by atoms with Gasteiger partial charge in [-0.25, -0.2) is 0 Å². The molecule has 0 aromatic heterocycles. The van der Waals surface area contributed by atoms with Crippen molar-refractivity contribution < 1.29 is 9.90 Å². The van der Waals surface area contributed by atoms with Gasteiger partial charge in [-0.2, -0.15) is 5.26 Å². The molecule has 0 aromatic carbocycles. The van der Waals surface area contributed by atoms with E-state index in [2.05, 4.69) is 30.1 Å². The predicted octanol–water partition coefficient (Wildman–Crippen LogP) is 2.24. The molecule has 0 atom stereocenters. The van der Waals surface area contributed by atoms with Crippen molar-refractivity contribution in [2.75, 3.05) is 20.1 Å². The van der Waals surface area contributed by atoms with Crippen molar-refractivity contribution in [1.82, 2.24) is 10.2 Å². The first kappa shape index (κ1) is 15.1. The first-order valence-electron chi connectivity index (χ1n) is 7.85. The first-order chi connectivity index (χ1) is 10.3. The molecule has 1 spiro atoms. The molecule has 0 unspecified atom stereocenters. The molecule has 2 N–H and O–H groups in total. The fourth-order valence-electron chi connectivity index (χ4n) is 4.20. The van der Waals surface area contributed by atoms with Crippen LogP contribution in [0.2, 0.25) is 0 Å². The third kappa shape index (κ3) is 2.14. The molecule has 1 aliphatic carbocycles. The molecule has 0 amide bonds. The fraction of sp³-hybridized carbons (Fsp3) is 0.647. The number of hydrogen-bond donors (Lipinski definition) is 2. The van der Waals surface area contributed by atoms with Gasteiger partial charge in [0.15, 0.2) is 5.78 Å². The maximum absolute atomic E-state index is 12.8. The average Bonchev–Trinajstić information content (AvgIpc) is 2.40. The number of fused-ring (bicyclic) bond motifs is 1. The number of nitriles is 1. The molecule has 3 aliphatic rings. The molecule has 118 valence electrons. The number of hydrogen-bond acceptors (Lipinski definition) is 5. The Morgan fingerprint density at radius 1 is 1.27 bits per heavy atom. The van der Waals surface area contributed by atoms with Crippen LogP contribution >= 0.6 is 0 Å². The second-order valence-corrected chi connectivity index (χ2v) is 7.64. The SMILES string of the molecule is CN1CCC2(CC1)C(C#N)=C(O)NC1=C2C(=O)CC(C)(C)C1. The number of carbonyl (C=O) groups excluding carboxylic acids is 1. The minimum Gasteiger partial charge on any atom is -0.494 e. The van der Waals surface area contributed by atoms with Crippen LogP contribution in [-0.2, 0) is 4.79 Å². The molecule has 2 heterocycles. The summed E-state index contributed by atoms with van der Waals surface area (Å²) in [5.74, 6) is 0.0693. The fourth-order valence-corrected chi connectivity index (χ4v) is 4.20. The van der Waals surface area contributed by atoms with Crippen molar-refractivity contribution in [2.24, 2.45) is 10.8 Å². The Kier molecular flexibility index (Phi) is 3.33. The number of rotatable bonds is 0. The quantitative estimate of drug-likeness (QED) is 0.717. The lowest BCUT2D eigenvalue weighted by Crippen LogP contribution is -2.48. The van der Waals surface area contributed by atoms with E-state index in [-0.39, 0.29) is 17.1 Å². The summed E-state index contributed by atoms with van der Waals surface area (Å²) in [5.41, 5.74) is 1.21. The van der Waals surface area contributed by atoms with Gasteiger partial charge in [0, 0.05) is 23.1 Å². The molecule has 3 rings (SSSR count). The third-order valence-electron chi connectivity index (χ3n) is 5.29. The average molecular weight is 301 g/mol. The van der Waals surface area contributed by atoms with Gasteiger partial charge in [-0.05, 0) is 44.8 Å². The summed E-state index contributed by atoms with van der Waals surface area (Å²) >= 11 is 0. The Balaban J connectivity index is 2.14. The number of likely N-dealkylation sites (tertiary alicyclic amines) is 1. The number of nitrogens with zero attached hydrogens (tertiary/aromatic N) is 2. The largest absolute Gasteiger partial charge is 0.494 e. The van der Waals surface area contributed by atoms with Crippen LogP contribution in [0.1, 0.15) is 39.5 Å². The molecule has 2 aliphatic heterocycles. The van der Waals surface area contributed by atoms with Crippen molar-refractivity contribution in [3.05, 3.63) is 22.7 Å². The summed E-state index contributed by atoms with van der Waals surface area (Å²) < 4.78 is 0. The van der Waals surface area contributed by atoms with Crippen LogP contribution in [0.25, 0.3) is 0 Å². The molecular formula is C17H23N3O2. The van der Waals surface area contributed by atoms with E-state index in [0.29, 0.717) is 24.8 Å². The Morgan fingerprint density at radius 2 is 1.91 bits per heavy atom. The minimum atomic E-state index is -0.598. The van der Waals surface area contributed by atoms with E-state index in [1.54, 1.807) is 0 Å². The second-order valence-electron chi connectivity index (χ2n) is 7.64. The number of carbonyl (C=O) groups is 1. The molecule has 1 saturated heterocycles. The molecule has 5 heteroatoms. The molecule has 1 fully saturated rings. The summed E-state index contributed by atoms with van der Waals surface area (Å²) in [4.78, 5) is 15.0. The Hall–Kier alpha value is -1.80. The predicted molar refractivity (Wildman–Crippen MR) is 82.6 cm³/mol. The standard InChI is InChI=1S/C17H23N3O2/c1-16(2)8-12-14(13(21)9-16)17(4-6-20(3)7-5-17)11(10-18)15(22)19-12/h19,22H,4-9H2,1-3H3. The molecule has 0 radical (unpaired) electrons. The van der Waals surface area contributed by atoms with E-state index in [1.807, 2.05) is 7.05 Å². The Labute approximate surface area is 131 Å². The second kappa shape index (κ2) is 4.85. The number of dihydropyridines is 1. The zero-order chi connectivity index (χ0) is 16.1. The van der Waals surface area contributed by atoms with E-state index in [9.17, 15) is 15.2 Å². The molecule has 5 nitrogen and oxygen atoms in total. The maximum atomic E-state index is 12.8. The number of piperidine rings is 1. The smallest absolute Gasteiger partial charge is 0.203 e. The van der Waals surface area contributed by atoms with Crippen LogP contribution in [0.15, 0.2) is 22.7 Å². The lowest BCUT2D eigenvalue weighted by Gasteiger charge is -2.47. The van der Waals surface area contributed by atoms with Crippen LogP contribution in [-0.4, -0.2) is 35.9 Å². The topological polar surface area (TPSA) is 76.4 Å². The van der Waals surface area contributed by atoms with Gasteiger partial charge in [0.1, 0.15) is 11.6 Å². The van der Waals surface area contributed by atoms with Crippen LogP contribution in [0.3, 0.4) is 0 Å². The highest BCUT2D eigenvalue weighted by atomic mass is 16.3. The van der Waals surface area contributed by atoms with Crippen molar-refractivity contribution >= 4 is 5.78 Å². The highest BCUT2D eigenvalue weighted by Crippen LogP contribution is 2.53. The van der Waals surface area contributed by atoms with Gasteiger partial charge in [0.2, 0.25) is 5.88 Å². The van der Waals surface area contributed by atoms with Crippen LogP contribution in [0, 0.1) is 22.2 Å². The van der Waals surface area contributed by atoms with Crippen molar-refractivity contribution in [3.8, 4) is 6.07 Å². The first-order valence-corrected chi connectivity index (χ1v) is 7.85. The van der Waals surface area contributed by atoms with Crippen LogP contribution < -0.4 is 5.32 Å². The zero-order valence-electron chi connectivity index (χ0n) is 13.5. The van der Waals surface area contributed by atoms with E-state index in [0.717, 1.165) is 30.8 Å².